The first-order valence-corrected chi connectivity index (χ1v) is 10.6. The second-order valence-corrected chi connectivity index (χ2v) is 9.38. The van der Waals surface area contributed by atoms with E-state index in [1.54, 1.807) is 32.9 Å². The van der Waals surface area contributed by atoms with E-state index in [2.05, 4.69) is 22.2 Å². The number of carbonyl (C=O) groups is 1. The number of rotatable bonds is 5. The molecule has 1 heterocycles. The molecule has 0 amide bonds. The van der Waals surface area contributed by atoms with E-state index >= 15 is 0 Å². The van der Waals surface area contributed by atoms with Crippen LogP contribution in [0, 0.1) is 0 Å². The molecule has 0 aromatic heterocycles. The summed E-state index contributed by atoms with van der Waals surface area (Å²) < 4.78 is 27.0. The Hall–Kier alpha value is -1.77. The fraction of sp³-hybridized carbons (Fsp3) is 0.682. The number of benzene rings is 1. The summed E-state index contributed by atoms with van der Waals surface area (Å²) in [5.41, 5.74) is 0.823. The number of piperazine rings is 1. The number of alkyl halides is 2. The molecule has 1 N–H and O–H groups in total. The molecule has 30 heavy (non-hydrogen) atoms. The van der Waals surface area contributed by atoms with Crippen LogP contribution in [0.15, 0.2) is 24.3 Å². The van der Waals surface area contributed by atoms with Gasteiger partial charge in [-0.3, -0.25) is 10.2 Å². The van der Waals surface area contributed by atoms with Gasteiger partial charge < -0.3 is 9.80 Å². The predicted octanol–water partition coefficient (Wildman–Crippen LogP) is 3.82. The largest absolute Gasteiger partial charge is 0.373 e. The molecule has 3 rings (SSSR count). The Bertz CT molecular complexity index is 711. The molecular formula is C22H33F2N3O3. The van der Waals surface area contributed by atoms with Crippen molar-refractivity contribution in [2.45, 2.75) is 70.2 Å². The zero-order valence-corrected chi connectivity index (χ0v) is 18.3. The molecule has 6 nitrogen and oxygen atoms in total. The number of nitrogens with zero attached hydrogens (tertiary/aromatic N) is 2. The van der Waals surface area contributed by atoms with Crippen molar-refractivity contribution in [2.75, 3.05) is 31.6 Å². The number of hydrogen-bond donors (Lipinski definition) is 1. The molecule has 2 fully saturated rings. The number of halogens is 2. The lowest BCUT2D eigenvalue weighted by Gasteiger charge is -2.44. The number of anilines is 1. The van der Waals surface area contributed by atoms with E-state index in [0.29, 0.717) is 18.4 Å². The minimum absolute atomic E-state index is 0.0301. The summed E-state index contributed by atoms with van der Waals surface area (Å²) in [5.74, 6) is -3.06. The van der Waals surface area contributed by atoms with Crippen LogP contribution >= 0.6 is 0 Å². The van der Waals surface area contributed by atoms with Crippen LogP contribution in [0.4, 0.5) is 14.5 Å². The highest BCUT2D eigenvalue weighted by Crippen LogP contribution is 2.33. The lowest BCUT2D eigenvalue weighted by molar-refractivity contribution is -0.301. The Balaban J connectivity index is 1.64. The van der Waals surface area contributed by atoms with Crippen LogP contribution in [0.3, 0.4) is 0 Å². The van der Waals surface area contributed by atoms with Gasteiger partial charge in [0.05, 0.1) is 11.7 Å². The number of likely N-dealkylation sites (N-methyl/N-ethyl adjacent to an activating group) is 1. The summed E-state index contributed by atoms with van der Waals surface area (Å²) in [6, 6.07) is 7.32. The van der Waals surface area contributed by atoms with Gasteiger partial charge in [-0.15, -0.1) is 0 Å². The molecule has 1 aromatic carbocycles. The van der Waals surface area contributed by atoms with Crippen molar-refractivity contribution in [1.82, 2.24) is 10.2 Å². The third-order valence-electron chi connectivity index (χ3n) is 5.53. The summed E-state index contributed by atoms with van der Waals surface area (Å²) in [6.45, 7) is 7.93. The maximum Gasteiger partial charge on any atom is 0.373 e. The van der Waals surface area contributed by atoms with Crippen LogP contribution in [0.5, 0.6) is 0 Å². The van der Waals surface area contributed by atoms with Crippen molar-refractivity contribution in [1.29, 1.82) is 0 Å². The van der Waals surface area contributed by atoms with Gasteiger partial charge in [0.25, 0.3) is 0 Å². The van der Waals surface area contributed by atoms with Gasteiger partial charge in [-0.1, -0.05) is 0 Å². The van der Waals surface area contributed by atoms with Gasteiger partial charge in [0.2, 0.25) is 5.92 Å². The SMILES string of the molecule is CN1CCN(c2ccc(C(=O)OOC(C)(C)C)cc2)C(NC2CCC(F)(F)CC2)C1. The molecule has 168 valence electrons. The third-order valence-corrected chi connectivity index (χ3v) is 5.53. The predicted molar refractivity (Wildman–Crippen MR) is 112 cm³/mol. The molecule has 2 aliphatic rings. The monoisotopic (exact) mass is 425 g/mol. The van der Waals surface area contributed by atoms with Gasteiger partial charge in [0, 0.05) is 44.2 Å². The standard InChI is InChI=1S/C22H33F2N3O3/c1-21(2,3)30-29-20(28)16-5-7-18(8-6-16)27-14-13-26(4)15-19(27)25-17-9-11-22(23,24)12-10-17/h5-8,17,19,25H,9-15H2,1-4H3. The van der Waals surface area contributed by atoms with Gasteiger partial charge in [0.1, 0.15) is 5.60 Å². The highest BCUT2D eigenvalue weighted by Gasteiger charge is 2.36. The van der Waals surface area contributed by atoms with Gasteiger partial charge >= 0.3 is 5.97 Å². The zero-order valence-electron chi connectivity index (χ0n) is 18.3. The van der Waals surface area contributed by atoms with Gasteiger partial charge in [-0.05, 0) is 64.9 Å². The summed E-state index contributed by atoms with van der Waals surface area (Å²) in [7, 11) is 2.06. The van der Waals surface area contributed by atoms with Crippen molar-refractivity contribution in [2.24, 2.45) is 0 Å². The molecule has 1 aromatic rings. The van der Waals surface area contributed by atoms with Crippen LogP contribution in [0.1, 0.15) is 56.8 Å². The number of carbonyl (C=O) groups excluding carboxylic acids is 1. The maximum absolute atomic E-state index is 13.5. The Labute approximate surface area is 177 Å². The van der Waals surface area contributed by atoms with Gasteiger partial charge in [-0.2, -0.15) is 4.89 Å². The average Bonchev–Trinajstić information content (AvgIpc) is 2.67. The minimum Gasteiger partial charge on any atom is -0.353 e. The molecule has 1 unspecified atom stereocenters. The van der Waals surface area contributed by atoms with E-state index in [0.717, 1.165) is 25.3 Å². The lowest BCUT2D eigenvalue weighted by Crippen LogP contribution is -2.61. The van der Waals surface area contributed by atoms with E-state index in [9.17, 15) is 13.6 Å². The highest BCUT2D eigenvalue weighted by atomic mass is 19.3. The summed E-state index contributed by atoms with van der Waals surface area (Å²) in [4.78, 5) is 26.6. The Morgan fingerprint density at radius 3 is 2.37 bits per heavy atom. The molecule has 1 saturated carbocycles. The minimum atomic E-state index is -2.53. The summed E-state index contributed by atoms with van der Waals surface area (Å²) in [6.07, 6.45) is 0.892. The molecule has 0 spiro atoms. The third kappa shape index (κ3) is 6.36. The number of hydrogen-bond acceptors (Lipinski definition) is 6. The van der Waals surface area contributed by atoms with Crippen molar-refractivity contribution in [3.8, 4) is 0 Å². The van der Waals surface area contributed by atoms with E-state index in [-0.39, 0.29) is 25.0 Å². The van der Waals surface area contributed by atoms with E-state index < -0.39 is 17.5 Å². The van der Waals surface area contributed by atoms with E-state index in [4.69, 9.17) is 9.78 Å². The van der Waals surface area contributed by atoms with E-state index in [1.807, 2.05) is 12.1 Å². The smallest absolute Gasteiger partial charge is 0.353 e. The molecule has 1 aliphatic carbocycles. The molecule has 8 heteroatoms. The first-order chi connectivity index (χ1) is 14.0. The van der Waals surface area contributed by atoms with Crippen LogP contribution in [0.2, 0.25) is 0 Å². The topological polar surface area (TPSA) is 54.0 Å². The van der Waals surface area contributed by atoms with Crippen LogP contribution in [-0.2, 0) is 9.78 Å². The number of nitrogens with one attached hydrogen (secondary N) is 1. The fourth-order valence-corrected chi connectivity index (χ4v) is 3.85. The molecule has 1 saturated heterocycles. The fourth-order valence-electron chi connectivity index (χ4n) is 3.85. The van der Waals surface area contributed by atoms with Gasteiger partial charge in [-0.25, -0.2) is 13.6 Å². The normalized spacial score (nSPS) is 23.4. The van der Waals surface area contributed by atoms with Gasteiger partial charge in [0.15, 0.2) is 0 Å². The average molecular weight is 426 g/mol. The quantitative estimate of drug-likeness (QED) is 0.572. The summed E-state index contributed by atoms with van der Waals surface area (Å²) in [5, 5.41) is 3.59. The summed E-state index contributed by atoms with van der Waals surface area (Å²) >= 11 is 0. The zero-order chi connectivity index (χ0) is 21.9. The molecular weight excluding hydrogens is 392 g/mol. The van der Waals surface area contributed by atoms with Crippen molar-refractivity contribution >= 4 is 11.7 Å². The van der Waals surface area contributed by atoms with Crippen LogP contribution < -0.4 is 10.2 Å². The van der Waals surface area contributed by atoms with E-state index in [1.165, 1.54) is 0 Å². The maximum atomic E-state index is 13.5. The first-order valence-electron chi connectivity index (χ1n) is 10.6. The molecule has 0 bridgehead atoms. The van der Waals surface area contributed by atoms with Crippen LogP contribution in [0.25, 0.3) is 0 Å². The van der Waals surface area contributed by atoms with Crippen LogP contribution in [-0.4, -0.2) is 61.3 Å². The lowest BCUT2D eigenvalue weighted by atomic mass is 9.92. The Kier molecular flexibility index (Phi) is 6.99. The molecule has 1 atom stereocenters. The van der Waals surface area contributed by atoms with Crippen molar-refractivity contribution in [3.63, 3.8) is 0 Å². The second-order valence-electron chi connectivity index (χ2n) is 9.38. The second kappa shape index (κ2) is 9.16. The Morgan fingerprint density at radius 2 is 1.77 bits per heavy atom. The molecule has 1 aliphatic heterocycles. The van der Waals surface area contributed by atoms with Crippen molar-refractivity contribution < 1.29 is 23.4 Å². The van der Waals surface area contributed by atoms with Crippen molar-refractivity contribution in [3.05, 3.63) is 29.8 Å². The first kappa shape index (κ1) is 22.9. The highest BCUT2D eigenvalue weighted by molar-refractivity contribution is 5.89. The molecule has 0 radical (unpaired) electrons. The Morgan fingerprint density at radius 1 is 1.13 bits per heavy atom.